The van der Waals surface area contributed by atoms with Crippen LogP contribution in [0, 0.1) is 0 Å². The molecule has 0 aliphatic rings. The van der Waals surface area contributed by atoms with Gasteiger partial charge in [0.1, 0.15) is 0 Å². The maximum Gasteiger partial charge on any atom is 2.00 e. The smallest absolute Gasteiger partial charge is 0.809 e. The molecule has 83 heteroatoms. The zero-order valence-corrected chi connectivity index (χ0v) is 91.8. The van der Waals surface area contributed by atoms with E-state index in [0.717, 1.165) is 0 Å². The first-order valence-electron chi connectivity index (χ1n) is 14.6. The maximum absolute atomic E-state index is 12.0. The predicted octanol–water partition coefficient (Wildman–Crippen LogP) is -29.1. The fourth-order valence-corrected chi connectivity index (χ4v) is 44.7. The van der Waals surface area contributed by atoms with Crippen molar-refractivity contribution in [3.63, 3.8) is 0 Å². The molecule has 50 nitrogen and oxygen atoms in total. The van der Waals surface area contributed by atoms with Crippen LogP contribution in [0.25, 0.3) is 0 Å². The fourth-order valence-electron chi connectivity index (χ4n) is 4.54. The molecule has 12 atom stereocenters. The van der Waals surface area contributed by atoms with Crippen LogP contribution in [0.2, 0.25) is 0 Å². The number of hydrogen-bond acceptors (Lipinski definition) is 50. The van der Waals surface area contributed by atoms with Crippen LogP contribution in [0.1, 0.15) is 0 Å². The predicted molar refractivity (Wildman–Crippen MR) is 250 cm³/mol. The fraction of sp³-hybridized carbons (Fsp3) is 1.00. The van der Waals surface area contributed by atoms with E-state index in [1.54, 1.807) is 0 Å². The minimum atomic E-state index is -8.33. The zero-order valence-electron chi connectivity index (χ0n) is 42.6. The number of nitrogens with zero attached hydrogens (tertiary/aromatic N) is 2. The molecular weight excluding hydrogens is 2030 g/mol. The Balaban J connectivity index is -0.0000000665. The Kier molecular flexibility index (Phi) is 93.6. The third kappa shape index (κ3) is 43.2. The summed E-state index contributed by atoms with van der Waals surface area (Å²) >= 11 is 0. The first-order valence-corrected chi connectivity index (χ1v) is 47.9. The first-order chi connectivity index (χ1) is 31.0. The van der Waals surface area contributed by atoms with Crippen LogP contribution in [0.4, 0.5) is 0 Å². The summed E-state index contributed by atoms with van der Waals surface area (Å²) in [7, 11) is -147. The summed E-state index contributed by atoms with van der Waals surface area (Å²) in [6, 6.07) is 0. The molecule has 0 aromatic carbocycles. The van der Waals surface area contributed by atoms with Crippen molar-refractivity contribution in [2.75, 3.05) is 0 Å². The summed E-state index contributed by atoms with van der Waals surface area (Å²) in [4.78, 5) is 337. The van der Waals surface area contributed by atoms with E-state index in [9.17, 15) is 229 Å². The van der Waals surface area contributed by atoms with Crippen LogP contribution in [-0.2, 0) is 82.2 Å². The van der Waals surface area contributed by atoms with Gasteiger partial charge in [-0.25, -0.2) is 0 Å². The van der Waals surface area contributed by atoms with Crippen molar-refractivity contribution < 1.29 is 229 Å². The Labute approximate surface area is 944 Å². The summed E-state index contributed by atoms with van der Waals surface area (Å²) in [5, 5.41) is 0. The molecule has 0 bridgehead atoms. The Morgan fingerprint density at radius 1 is 0.146 bits per heavy atom. The molecule has 0 amide bonds. The van der Waals surface area contributed by atoms with Gasteiger partial charge >= 0.3 is 566 Å². The van der Waals surface area contributed by atoms with Crippen LogP contribution in [0.5, 0.6) is 0 Å². The molecular formula is C6H6Ca15N2O48P18. The molecule has 0 fully saturated rings. The number of rotatable bonds is 24. The molecule has 0 aliphatic carbocycles. The maximum atomic E-state index is 12.0. The van der Waals surface area contributed by atoms with E-state index in [4.69, 9.17) is 0 Å². The summed E-state index contributed by atoms with van der Waals surface area (Å²) in [5.41, 5.74) is -34.6. The van der Waals surface area contributed by atoms with Crippen molar-refractivity contribution in [1.29, 1.82) is 0 Å². The Hall–Kier alpha value is 21.8. The molecule has 89 heavy (non-hydrogen) atoms. The van der Waals surface area contributed by atoms with Crippen molar-refractivity contribution in [1.82, 2.24) is 9.80 Å². The van der Waals surface area contributed by atoms with Gasteiger partial charge in [0.25, 0.3) is 0 Å². The second-order valence-corrected chi connectivity index (χ2v) is 58.4. The molecule has 0 aromatic heterocycles. The molecule has 0 saturated carbocycles. The number of hydrogen-bond donors (Lipinski definition) is 0. The largest absolute Gasteiger partial charge is 2.00 e. The van der Waals surface area contributed by atoms with Crippen LogP contribution in [0.15, 0.2) is 0 Å². The van der Waals surface area contributed by atoms with Gasteiger partial charge < -0.3 is 229 Å². The Bertz CT molecular complexity index is 2580. The molecule has 12 unspecified atom stereocenters. The van der Waals surface area contributed by atoms with Crippen LogP contribution in [0.3, 0.4) is 0 Å². The molecule has 0 saturated heterocycles. The van der Waals surface area contributed by atoms with Gasteiger partial charge in [0.05, 0.1) is 75.5 Å². The van der Waals surface area contributed by atoms with Crippen molar-refractivity contribution >= 4 is 698 Å². The SMILES string of the molecule is O=P([O-])([O-])C(N(C(P(=O)([O-])[O-])P(=O)([O-])P(=O)([O-])[O-])C(P(=O)([O-])[O-])P(=O)([O-])P(=O)([O-])[O-])P(=O)([O-])P(=O)([O-])[O-].O=P([O-])([O-])C(N(C(P(=O)([O-])[O-])P(=O)([O-])P(=O)([O-])[O-])C(P(=O)([O-])[O-])P(=O)([O-])P(=O)([O-])[O-])P(=O)([O-])P(=O)([O-])[O-].[Ca+2].[Ca+2].[Ca+2].[Ca+2].[Ca+2].[Ca+2].[Ca+2].[Ca+2].[Ca+2].[Ca+2].[Ca+2].[Ca+2].[Ca+2].[Ca+2].[Ca+2]. The van der Waals surface area contributed by atoms with Gasteiger partial charge in [-0.1, -0.05) is 0 Å². The molecule has 0 aliphatic heterocycles. The molecule has 0 spiro atoms. The third-order valence-corrected chi connectivity index (χ3v) is 51.4. The molecule has 0 heterocycles. The van der Waals surface area contributed by atoms with Crippen LogP contribution < -0.4 is 147 Å². The van der Waals surface area contributed by atoms with Gasteiger partial charge in [0, 0.05) is 0 Å². The summed E-state index contributed by atoms with van der Waals surface area (Å²) in [6.45, 7) is 0. The molecule has 0 rings (SSSR count). The van der Waals surface area contributed by atoms with Gasteiger partial charge in [-0.2, -0.15) is 0 Å². The topological polar surface area (TPSA) is 1010 Å². The van der Waals surface area contributed by atoms with Crippen molar-refractivity contribution in [2.45, 2.75) is 33.1 Å². The van der Waals surface area contributed by atoms with Crippen molar-refractivity contribution in [3.8, 4) is 0 Å². The minimum Gasteiger partial charge on any atom is -0.809 e. The second-order valence-electron chi connectivity index (χ2n) is 12.4. The van der Waals surface area contributed by atoms with E-state index >= 15 is 0 Å². The van der Waals surface area contributed by atoms with Gasteiger partial charge in [0.15, 0.2) is 0 Å². The first kappa shape index (κ1) is 152. The second kappa shape index (κ2) is 54.9. The van der Waals surface area contributed by atoms with E-state index in [2.05, 4.69) is 0 Å². The van der Waals surface area contributed by atoms with Crippen LogP contribution >= 0.6 is 132 Å². The van der Waals surface area contributed by atoms with E-state index < -0.39 is 175 Å². The quantitative estimate of drug-likeness (QED) is 0.0639. The van der Waals surface area contributed by atoms with E-state index in [1.807, 2.05) is 0 Å². The van der Waals surface area contributed by atoms with Gasteiger partial charge in [-0.3, -0.25) is 9.80 Å². The average molecular weight is 2030 g/mol. The monoisotopic (exact) mass is 2030 g/mol. The summed E-state index contributed by atoms with van der Waals surface area (Å²) in [6.07, 6.45) is 0. The molecule has 448 valence electrons. The summed E-state index contributed by atoms with van der Waals surface area (Å²) in [5.74, 6) is 0. The van der Waals surface area contributed by atoms with E-state index in [1.165, 1.54) is 0 Å². The van der Waals surface area contributed by atoms with Gasteiger partial charge in [-0.05, 0) is 89.3 Å². The molecule has 0 aromatic rings. The van der Waals surface area contributed by atoms with Crippen molar-refractivity contribution in [3.05, 3.63) is 0 Å². The normalized spacial score (nSPS) is 18.6. The molecule has 0 N–H and O–H groups in total. The summed E-state index contributed by atoms with van der Waals surface area (Å²) < 4.78 is 207. The Morgan fingerprint density at radius 2 is 0.202 bits per heavy atom. The van der Waals surface area contributed by atoms with Crippen LogP contribution in [-0.4, -0.2) is 609 Å². The zero-order chi connectivity index (χ0) is 61.6. The average Bonchev–Trinajstić information content (AvgIpc) is 2.97. The third-order valence-electron chi connectivity index (χ3n) is 7.10. The van der Waals surface area contributed by atoms with Gasteiger partial charge in [-0.15, -0.1) is 0 Å². The standard InChI is InChI=1S/2C3H18NO24P9.15Ca/c2*5-29(6,7)1(32(14,15)35(20,21)22)4(2(30(8,9)10)33(16,17)36(23,24)25)3(31(11,12)13)34(18,19)37(26,27)28;;;;;;;;;;;;;;;/h2*1-3H,(H,14,15)(H,16,17)(H,18,19)(H2,5,6,7)(H2,8,9,10)(H2,11,12,13)(H2,20,21,22)(H2,23,24,25)(H2,26,27,28);;;;;;;;;;;;;;;/q;;15*+2/p-30. The minimum absolute atomic E-state index is 0. The van der Waals surface area contributed by atoms with Crippen molar-refractivity contribution in [2.24, 2.45) is 0 Å². The van der Waals surface area contributed by atoms with E-state index in [0.29, 0.717) is 0 Å². The van der Waals surface area contributed by atoms with Gasteiger partial charge in [0.2, 0.25) is 0 Å². The van der Waals surface area contributed by atoms with E-state index in [-0.39, 0.29) is 566 Å². The Morgan fingerprint density at radius 3 is 0.236 bits per heavy atom. The molecule has 0 radical (unpaired) electrons.